The van der Waals surface area contributed by atoms with Gasteiger partial charge in [-0.3, -0.25) is 9.59 Å². The number of nitriles is 1. The molecule has 0 saturated heterocycles. The number of nitrogens with zero attached hydrogens (tertiary/aromatic N) is 1. The third kappa shape index (κ3) is 7.08. The van der Waals surface area contributed by atoms with Gasteiger partial charge in [-0.05, 0) is 48.9 Å². The first kappa shape index (κ1) is 19.8. The molecule has 2 N–H and O–H groups in total. The van der Waals surface area contributed by atoms with Crippen molar-refractivity contribution in [2.24, 2.45) is 0 Å². The molecule has 0 aromatic heterocycles. The van der Waals surface area contributed by atoms with E-state index in [0.717, 1.165) is 11.3 Å². The highest BCUT2D eigenvalue weighted by molar-refractivity contribution is 5.92. The molecule has 0 aliphatic carbocycles. The van der Waals surface area contributed by atoms with E-state index in [9.17, 15) is 9.59 Å². The maximum atomic E-state index is 11.9. The fourth-order valence-electron chi connectivity index (χ4n) is 2.18. The van der Waals surface area contributed by atoms with Crippen LogP contribution >= 0.6 is 0 Å². The lowest BCUT2D eigenvalue weighted by Crippen LogP contribution is -2.28. The van der Waals surface area contributed by atoms with Crippen LogP contribution in [0.1, 0.15) is 18.9 Å². The second-order valence-electron chi connectivity index (χ2n) is 5.55. The lowest BCUT2D eigenvalue weighted by atomic mass is 10.2. The minimum Gasteiger partial charge on any atom is -0.494 e. The molecule has 0 fully saturated rings. The van der Waals surface area contributed by atoms with Crippen molar-refractivity contribution in [3.05, 3.63) is 54.1 Å². The Kier molecular flexibility index (Phi) is 7.67. The average Bonchev–Trinajstić information content (AvgIpc) is 2.67. The molecular weight excluding hydrogens is 346 g/mol. The Morgan fingerprint density at radius 2 is 1.59 bits per heavy atom. The first-order valence-corrected chi connectivity index (χ1v) is 8.49. The zero-order valence-electron chi connectivity index (χ0n) is 15.0. The summed E-state index contributed by atoms with van der Waals surface area (Å²) >= 11 is 0. The summed E-state index contributed by atoms with van der Waals surface area (Å²) in [5.74, 6) is 0.743. The number of hydrogen-bond acceptors (Lipinski definition) is 5. The van der Waals surface area contributed by atoms with E-state index in [1.807, 2.05) is 6.92 Å². The predicted octanol–water partition coefficient (Wildman–Crippen LogP) is 2.63. The van der Waals surface area contributed by atoms with E-state index in [2.05, 4.69) is 10.6 Å². The second kappa shape index (κ2) is 10.5. The Bertz CT molecular complexity index is 795. The van der Waals surface area contributed by atoms with Gasteiger partial charge in [0.2, 0.25) is 5.91 Å². The van der Waals surface area contributed by atoms with Crippen molar-refractivity contribution in [3.63, 3.8) is 0 Å². The van der Waals surface area contributed by atoms with E-state index in [1.165, 1.54) is 0 Å². The molecule has 0 unspecified atom stereocenters. The fraction of sp³-hybridized carbons (Fsp3) is 0.250. The number of ether oxygens (including phenoxy) is 2. The van der Waals surface area contributed by atoms with Crippen LogP contribution in [0.4, 0.5) is 5.69 Å². The quantitative estimate of drug-likeness (QED) is 0.710. The van der Waals surface area contributed by atoms with Crippen LogP contribution in [-0.4, -0.2) is 25.0 Å². The van der Waals surface area contributed by atoms with Crippen molar-refractivity contribution >= 4 is 17.5 Å². The number of hydrogen-bond donors (Lipinski definition) is 2. The zero-order chi connectivity index (χ0) is 19.5. The van der Waals surface area contributed by atoms with Gasteiger partial charge in [0, 0.05) is 12.2 Å². The molecule has 0 saturated carbocycles. The van der Waals surface area contributed by atoms with E-state index in [0.29, 0.717) is 24.6 Å². The van der Waals surface area contributed by atoms with Gasteiger partial charge in [-0.15, -0.1) is 0 Å². The van der Waals surface area contributed by atoms with Crippen LogP contribution in [-0.2, 0) is 16.1 Å². The van der Waals surface area contributed by atoms with Crippen LogP contribution in [0.25, 0.3) is 0 Å². The topological polar surface area (TPSA) is 100 Å². The third-order valence-corrected chi connectivity index (χ3v) is 3.47. The summed E-state index contributed by atoms with van der Waals surface area (Å²) in [6.45, 7) is 2.76. The molecule has 27 heavy (non-hydrogen) atoms. The SMILES string of the molecule is CCOc1ccc(OCC(=O)NCc2ccc(NC(=O)CC#N)cc2)cc1. The van der Waals surface area contributed by atoms with Gasteiger partial charge >= 0.3 is 0 Å². The predicted molar refractivity (Wildman–Crippen MR) is 100 cm³/mol. The summed E-state index contributed by atoms with van der Waals surface area (Å²) in [6, 6.07) is 15.9. The Hall–Kier alpha value is -3.53. The Balaban J connectivity index is 1.73. The van der Waals surface area contributed by atoms with E-state index < -0.39 is 0 Å². The standard InChI is InChI=1S/C20H21N3O4/c1-2-26-17-7-9-18(10-8-17)27-14-20(25)22-13-15-3-5-16(6-4-15)23-19(24)11-12-21/h3-10H,2,11,13-14H2,1H3,(H,22,25)(H,23,24). The van der Waals surface area contributed by atoms with Crippen LogP contribution in [0.5, 0.6) is 11.5 Å². The van der Waals surface area contributed by atoms with E-state index in [-0.39, 0.29) is 24.8 Å². The van der Waals surface area contributed by atoms with Crippen molar-refractivity contribution in [1.82, 2.24) is 5.32 Å². The van der Waals surface area contributed by atoms with Crippen molar-refractivity contribution in [3.8, 4) is 17.6 Å². The van der Waals surface area contributed by atoms with Gasteiger partial charge in [-0.2, -0.15) is 5.26 Å². The molecule has 0 atom stereocenters. The first-order chi connectivity index (χ1) is 13.1. The van der Waals surface area contributed by atoms with Gasteiger partial charge in [0.1, 0.15) is 17.9 Å². The summed E-state index contributed by atoms with van der Waals surface area (Å²) in [7, 11) is 0. The first-order valence-electron chi connectivity index (χ1n) is 8.49. The molecule has 2 aromatic carbocycles. The summed E-state index contributed by atoms with van der Waals surface area (Å²) in [5, 5.41) is 13.8. The fourth-order valence-corrected chi connectivity index (χ4v) is 2.18. The number of rotatable bonds is 9. The monoisotopic (exact) mass is 367 g/mol. The van der Waals surface area contributed by atoms with E-state index >= 15 is 0 Å². The van der Waals surface area contributed by atoms with Crippen molar-refractivity contribution in [1.29, 1.82) is 5.26 Å². The van der Waals surface area contributed by atoms with E-state index in [4.69, 9.17) is 14.7 Å². The molecule has 2 rings (SSSR count). The summed E-state index contributed by atoms with van der Waals surface area (Å²) in [5.41, 5.74) is 1.48. The van der Waals surface area contributed by atoms with Gasteiger partial charge in [-0.25, -0.2) is 0 Å². The number of anilines is 1. The lowest BCUT2D eigenvalue weighted by molar-refractivity contribution is -0.123. The Morgan fingerprint density at radius 3 is 2.19 bits per heavy atom. The number of benzene rings is 2. The molecule has 2 amide bonds. The molecule has 7 heteroatoms. The largest absolute Gasteiger partial charge is 0.494 e. The highest BCUT2D eigenvalue weighted by Gasteiger charge is 2.05. The molecule has 0 spiro atoms. The number of carbonyl (C=O) groups excluding carboxylic acids is 2. The summed E-state index contributed by atoms with van der Waals surface area (Å²) in [4.78, 5) is 23.2. The van der Waals surface area contributed by atoms with Gasteiger partial charge < -0.3 is 20.1 Å². The van der Waals surface area contributed by atoms with Crippen molar-refractivity contribution < 1.29 is 19.1 Å². The number of amides is 2. The normalized spacial score (nSPS) is 9.78. The average molecular weight is 367 g/mol. The van der Waals surface area contributed by atoms with Crippen molar-refractivity contribution in [2.45, 2.75) is 19.9 Å². The van der Waals surface area contributed by atoms with Gasteiger partial charge in [0.25, 0.3) is 5.91 Å². The van der Waals surface area contributed by atoms with E-state index in [1.54, 1.807) is 54.6 Å². The lowest BCUT2D eigenvalue weighted by Gasteiger charge is -2.09. The highest BCUT2D eigenvalue weighted by Crippen LogP contribution is 2.17. The molecule has 0 bridgehead atoms. The van der Waals surface area contributed by atoms with Crippen LogP contribution in [0.15, 0.2) is 48.5 Å². The van der Waals surface area contributed by atoms with Crippen molar-refractivity contribution in [2.75, 3.05) is 18.5 Å². The second-order valence-corrected chi connectivity index (χ2v) is 5.55. The zero-order valence-corrected chi connectivity index (χ0v) is 15.0. The third-order valence-electron chi connectivity index (χ3n) is 3.47. The van der Waals surface area contributed by atoms with Crippen LogP contribution < -0.4 is 20.1 Å². The van der Waals surface area contributed by atoms with Gasteiger partial charge in [-0.1, -0.05) is 12.1 Å². The molecule has 0 radical (unpaired) electrons. The Morgan fingerprint density at radius 1 is 0.963 bits per heavy atom. The van der Waals surface area contributed by atoms with Gasteiger partial charge in [0.05, 0.1) is 12.7 Å². The van der Waals surface area contributed by atoms with Gasteiger partial charge in [0.15, 0.2) is 6.61 Å². The smallest absolute Gasteiger partial charge is 0.258 e. The molecule has 0 aliphatic rings. The maximum absolute atomic E-state index is 11.9. The highest BCUT2D eigenvalue weighted by atomic mass is 16.5. The minimum absolute atomic E-state index is 0.0870. The van der Waals surface area contributed by atoms with Crippen LogP contribution in [0.2, 0.25) is 0 Å². The summed E-state index contributed by atoms with van der Waals surface area (Å²) < 4.78 is 10.8. The van der Waals surface area contributed by atoms with Crippen LogP contribution in [0.3, 0.4) is 0 Å². The molecule has 2 aromatic rings. The minimum atomic E-state index is -0.356. The van der Waals surface area contributed by atoms with Crippen LogP contribution in [0, 0.1) is 11.3 Å². The molecule has 140 valence electrons. The number of carbonyl (C=O) groups is 2. The molecule has 7 nitrogen and oxygen atoms in total. The Labute approximate surface area is 157 Å². The molecular formula is C20H21N3O4. The molecule has 0 heterocycles. The maximum Gasteiger partial charge on any atom is 0.258 e. The summed E-state index contributed by atoms with van der Waals surface area (Å²) in [6.07, 6.45) is -0.188. The molecule has 0 aliphatic heterocycles. The number of nitrogens with one attached hydrogen (secondary N) is 2.